The van der Waals surface area contributed by atoms with Gasteiger partial charge in [-0.15, -0.1) is 0 Å². The molecule has 0 aliphatic carbocycles. The van der Waals surface area contributed by atoms with Gasteiger partial charge in [-0.3, -0.25) is 24.7 Å². The van der Waals surface area contributed by atoms with Gasteiger partial charge in [-0.2, -0.15) is 5.10 Å². The van der Waals surface area contributed by atoms with Gasteiger partial charge in [0, 0.05) is 93.3 Å². The molecule has 0 spiro atoms. The molecule has 0 saturated heterocycles. The number of rotatable bonds is 0. The molecule has 10 heteroatoms. The molecule has 1 aromatic rings. The molecular formula is C41H67N10+. The predicted molar refractivity (Wildman–Crippen MR) is 223 cm³/mol. The number of aromatic nitrogens is 2. The summed E-state index contributed by atoms with van der Waals surface area (Å²) in [7, 11) is 8.05. The van der Waals surface area contributed by atoms with Gasteiger partial charge in [-0.05, 0) is 104 Å². The van der Waals surface area contributed by atoms with Crippen LogP contribution in [0.3, 0.4) is 0 Å². The lowest BCUT2D eigenvalue weighted by atomic mass is 10.0. The Morgan fingerprint density at radius 3 is 1.65 bits per heavy atom. The Morgan fingerprint density at radius 2 is 1.51 bits per heavy atom. The van der Waals surface area contributed by atoms with Crippen LogP contribution in [0.1, 0.15) is 87.0 Å². The van der Waals surface area contributed by atoms with E-state index < -0.39 is 0 Å². The normalized spacial score (nSPS) is 18.9. The van der Waals surface area contributed by atoms with Crippen molar-refractivity contribution >= 4 is 35.8 Å². The summed E-state index contributed by atoms with van der Waals surface area (Å²) in [5.74, 6) is 0. The SMILES string of the molecule is CC1=CCC=N1.CC1=CCCN1C.CC1=NCC=C1.CC1=NCC=C1.CC1=NCCC1.CN1C=CCC1(C)C.C[N+]1=CCC=N1.Cn1cccn1. The monoisotopic (exact) mass is 700 g/mol. The Bertz CT molecular complexity index is 1340. The Kier molecular flexibility index (Phi) is 23.0. The molecule has 8 heterocycles. The molecule has 10 nitrogen and oxygen atoms in total. The number of aryl methyl sites for hydroxylation is 1. The second-order valence-corrected chi connectivity index (χ2v) is 13.4. The zero-order chi connectivity index (χ0) is 37.9. The van der Waals surface area contributed by atoms with Crippen LogP contribution >= 0.6 is 0 Å². The third kappa shape index (κ3) is 23.5. The van der Waals surface area contributed by atoms with Crippen LogP contribution in [0.5, 0.6) is 0 Å². The Hall–Kier alpha value is -4.47. The minimum Gasteiger partial charge on any atom is -0.378 e. The van der Waals surface area contributed by atoms with Crippen molar-refractivity contribution in [3.05, 3.63) is 78.6 Å². The van der Waals surface area contributed by atoms with Crippen molar-refractivity contribution in [2.24, 2.45) is 32.1 Å². The average Bonchev–Trinajstić information content (AvgIpc) is 3.92. The molecule has 0 atom stereocenters. The van der Waals surface area contributed by atoms with Crippen LogP contribution in [-0.4, -0.2) is 113 Å². The second kappa shape index (κ2) is 26.4. The highest BCUT2D eigenvalue weighted by Crippen LogP contribution is 2.23. The van der Waals surface area contributed by atoms with Crippen molar-refractivity contribution in [1.82, 2.24) is 19.6 Å². The van der Waals surface area contributed by atoms with Crippen LogP contribution in [0.25, 0.3) is 0 Å². The fourth-order valence-electron chi connectivity index (χ4n) is 4.51. The molecule has 0 unspecified atom stereocenters. The van der Waals surface area contributed by atoms with Gasteiger partial charge in [0.1, 0.15) is 0 Å². The van der Waals surface area contributed by atoms with E-state index in [1.54, 1.807) is 15.6 Å². The predicted octanol–water partition coefficient (Wildman–Crippen LogP) is 7.99. The highest BCUT2D eigenvalue weighted by molar-refractivity contribution is 5.94. The lowest BCUT2D eigenvalue weighted by molar-refractivity contribution is -0.494. The number of hydrogen-bond acceptors (Lipinski definition) is 8. The maximum absolute atomic E-state index is 4.15. The molecule has 0 saturated carbocycles. The van der Waals surface area contributed by atoms with Gasteiger partial charge in [0.15, 0.2) is 13.3 Å². The van der Waals surface area contributed by atoms with Crippen LogP contribution in [0.15, 0.2) is 104 Å². The average molecular weight is 700 g/mol. The van der Waals surface area contributed by atoms with E-state index in [9.17, 15) is 0 Å². The van der Waals surface area contributed by atoms with E-state index in [4.69, 9.17) is 0 Å². The van der Waals surface area contributed by atoms with Crippen molar-refractivity contribution < 1.29 is 4.68 Å². The molecule has 1 aromatic heterocycles. The smallest absolute Gasteiger partial charge is 0.178 e. The fraction of sp³-hybridized carbons (Fsp3) is 0.537. The number of hydrogen-bond donors (Lipinski definition) is 0. The highest BCUT2D eigenvalue weighted by atomic mass is 15.4. The van der Waals surface area contributed by atoms with Gasteiger partial charge in [0.2, 0.25) is 0 Å². The van der Waals surface area contributed by atoms with Gasteiger partial charge < -0.3 is 9.80 Å². The van der Waals surface area contributed by atoms with Crippen molar-refractivity contribution in [2.45, 2.75) is 92.5 Å². The largest absolute Gasteiger partial charge is 0.378 e. The Labute approximate surface area is 310 Å². The minimum atomic E-state index is 0.375. The quantitative estimate of drug-likeness (QED) is 0.257. The van der Waals surface area contributed by atoms with Crippen LogP contribution in [0, 0.1) is 0 Å². The van der Waals surface area contributed by atoms with Crippen LogP contribution in [-0.2, 0) is 7.05 Å². The van der Waals surface area contributed by atoms with Crippen molar-refractivity contribution in [3.63, 3.8) is 0 Å². The fourth-order valence-corrected chi connectivity index (χ4v) is 4.51. The van der Waals surface area contributed by atoms with E-state index in [0.717, 1.165) is 49.6 Å². The molecule has 51 heavy (non-hydrogen) atoms. The third-order valence-electron chi connectivity index (χ3n) is 8.29. The molecule has 7 aliphatic heterocycles. The standard InChI is InChI=1S/C7H13N.C6H11N.C5H9N.3C5H7N.C4H7N2.C4H6N2/c1-7(2)5-4-6-8(7)3;1-6-4-3-5-7(6)2;4*1-5-3-2-4-6-5;2*1-6-4-2-3-5-6/h4,6H,5H2,1-3H3;4H,3,5H2,1-2H3;2-4H2,1H3;3-4H,2H2,1H3;2*2-3H,4H2,1H3;3-4H,2H2,1H3;2-4H,1H3/q;;;;;;+1;. The van der Waals surface area contributed by atoms with Gasteiger partial charge in [-0.1, -0.05) is 35.1 Å². The van der Waals surface area contributed by atoms with Crippen LogP contribution in [0.2, 0.25) is 0 Å². The summed E-state index contributed by atoms with van der Waals surface area (Å²) in [6.07, 6.45) is 33.3. The molecule has 280 valence electrons. The van der Waals surface area contributed by atoms with E-state index in [1.807, 2.05) is 77.9 Å². The molecule has 0 bridgehead atoms. The number of allylic oxidation sites excluding steroid dienone is 5. The van der Waals surface area contributed by atoms with E-state index in [1.165, 1.54) is 43.6 Å². The van der Waals surface area contributed by atoms with Crippen molar-refractivity contribution in [2.75, 3.05) is 47.3 Å². The summed E-state index contributed by atoms with van der Waals surface area (Å²) < 4.78 is 3.56. The summed E-state index contributed by atoms with van der Waals surface area (Å²) in [4.78, 5) is 20.7. The van der Waals surface area contributed by atoms with Gasteiger partial charge in [0.25, 0.3) is 0 Å². The first-order valence-corrected chi connectivity index (χ1v) is 18.1. The lowest BCUT2D eigenvalue weighted by Crippen LogP contribution is -2.32. The van der Waals surface area contributed by atoms with Gasteiger partial charge >= 0.3 is 0 Å². The molecule has 7 aliphatic rings. The first kappa shape index (κ1) is 44.6. The first-order valence-electron chi connectivity index (χ1n) is 18.1. The van der Waals surface area contributed by atoms with Crippen molar-refractivity contribution in [3.8, 4) is 0 Å². The Morgan fingerprint density at radius 1 is 0.824 bits per heavy atom. The minimum absolute atomic E-state index is 0.375. The number of aliphatic imine (C=N–C) groups is 4. The molecule has 0 radical (unpaired) electrons. The third-order valence-corrected chi connectivity index (χ3v) is 8.29. The summed E-state index contributed by atoms with van der Waals surface area (Å²) in [6.45, 7) is 18.8. The first-order chi connectivity index (χ1) is 24.3. The summed E-state index contributed by atoms with van der Waals surface area (Å²) in [5, 5.41) is 7.72. The Balaban J connectivity index is 0.000000292. The van der Waals surface area contributed by atoms with E-state index in [2.05, 4.69) is 118 Å². The maximum Gasteiger partial charge on any atom is 0.178 e. The summed E-state index contributed by atoms with van der Waals surface area (Å²) in [5.41, 5.74) is 6.56. The number of hydrazone groups is 1. The van der Waals surface area contributed by atoms with Crippen LogP contribution < -0.4 is 0 Å². The molecular weight excluding hydrogens is 633 g/mol. The molecule has 0 N–H and O–H groups in total. The van der Waals surface area contributed by atoms with E-state index in [-0.39, 0.29) is 0 Å². The summed E-state index contributed by atoms with van der Waals surface area (Å²) in [6, 6.07) is 1.89. The molecule has 0 fully saturated rings. The molecule has 8 rings (SSSR count). The zero-order valence-corrected chi connectivity index (χ0v) is 33.6. The van der Waals surface area contributed by atoms with Crippen molar-refractivity contribution in [1.29, 1.82) is 0 Å². The van der Waals surface area contributed by atoms with E-state index >= 15 is 0 Å². The van der Waals surface area contributed by atoms with Gasteiger partial charge in [0.05, 0.1) is 25.7 Å². The molecule has 0 amide bonds. The molecule has 0 aromatic carbocycles. The second-order valence-electron chi connectivity index (χ2n) is 13.4. The highest BCUT2D eigenvalue weighted by Gasteiger charge is 2.22. The topological polar surface area (TPSA) is 89.1 Å². The van der Waals surface area contributed by atoms with E-state index in [0.29, 0.717) is 5.54 Å². The maximum atomic E-state index is 4.15. The zero-order valence-electron chi connectivity index (χ0n) is 33.6. The lowest BCUT2D eigenvalue weighted by Gasteiger charge is -2.28. The number of nitrogens with zero attached hydrogens (tertiary/aromatic N) is 10. The summed E-state index contributed by atoms with van der Waals surface area (Å²) >= 11 is 0. The van der Waals surface area contributed by atoms with Crippen LogP contribution in [0.4, 0.5) is 0 Å². The van der Waals surface area contributed by atoms with Gasteiger partial charge in [-0.25, -0.2) is 0 Å².